The van der Waals surface area contributed by atoms with Crippen LogP contribution in [0, 0.1) is 0 Å². The van der Waals surface area contributed by atoms with Crippen LogP contribution in [-0.4, -0.2) is 24.3 Å². The number of hydrogen-bond acceptors (Lipinski definition) is 5. The van der Waals surface area contributed by atoms with E-state index in [1.165, 1.54) is 0 Å². The number of nitrogens with two attached hydrogens (primary N) is 2. The van der Waals surface area contributed by atoms with Crippen molar-refractivity contribution >= 4 is 36.5 Å². The molecule has 0 unspecified atom stereocenters. The van der Waals surface area contributed by atoms with Crippen molar-refractivity contribution in [1.29, 1.82) is 0 Å². The van der Waals surface area contributed by atoms with E-state index >= 15 is 0 Å². The van der Waals surface area contributed by atoms with Crippen molar-refractivity contribution in [1.82, 2.24) is 0 Å². The molecule has 2 aromatic carbocycles. The van der Waals surface area contributed by atoms with Gasteiger partial charge in [0.15, 0.2) is 0 Å². The van der Waals surface area contributed by atoms with Crippen molar-refractivity contribution in [2.24, 2.45) is 0 Å². The molecule has 0 bridgehead atoms. The maximum atomic E-state index is 12.8. The Morgan fingerprint density at radius 2 is 1.00 bits per heavy atom. The zero-order chi connectivity index (χ0) is 20.6. The largest absolute Gasteiger partial charge is 0.477 e. The maximum Gasteiger partial charge on any atom is 0.477 e. The van der Waals surface area contributed by atoms with Gasteiger partial charge in [-0.2, -0.15) is 26.3 Å². The van der Waals surface area contributed by atoms with E-state index < -0.39 is 48.6 Å². The fourth-order valence-corrected chi connectivity index (χ4v) is 2.24. The van der Waals surface area contributed by atoms with Gasteiger partial charge < -0.3 is 26.1 Å². The smallest absolute Gasteiger partial charge is 0.443 e. The lowest BCUT2D eigenvalue weighted by Crippen LogP contribution is -2.45. The molecule has 0 fully saturated rings. The lowest BCUT2D eigenvalue weighted by molar-refractivity contribution is -0.138. The Balaban J connectivity index is 2.27. The van der Waals surface area contributed by atoms with Crippen molar-refractivity contribution in [3.8, 4) is 0 Å². The molecule has 13 heteroatoms. The molecule has 0 atom stereocenters. The minimum Gasteiger partial charge on any atom is -0.443 e. The van der Waals surface area contributed by atoms with E-state index in [0.29, 0.717) is 24.3 Å². The minimum absolute atomic E-state index is 0.333. The van der Waals surface area contributed by atoms with E-state index in [0.717, 1.165) is 12.1 Å². The molecule has 5 nitrogen and oxygen atoms in total. The Morgan fingerprint density at radius 3 is 1.30 bits per heavy atom. The van der Waals surface area contributed by atoms with Gasteiger partial charge in [-0.1, -0.05) is 12.1 Å². The topological polar surface area (TPSA) is 102 Å². The zero-order valence-corrected chi connectivity index (χ0v) is 13.3. The van der Waals surface area contributed by atoms with Crippen LogP contribution in [0.2, 0.25) is 0 Å². The number of alkyl halides is 6. The molecule has 0 saturated heterocycles. The first-order valence-electron chi connectivity index (χ1n) is 7.24. The Bertz CT molecular complexity index is 764. The highest BCUT2D eigenvalue weighted by molar-refractivity contribution is 6.73. The Labute approximate surface area is 149 Å². The van der Waals surface area contributed by atoms with Crippen LogP contribution in [0.4, 0.5) is 37.7 Å². The normalized spacial score (nSPS) is 12.1. The van der Waals surface area contributed by atoms with Gasteiger partial charge in [-0.3, -0.25) is 0 Å². The number of hydrogen-bond donors (Lipinski definition) is 4. The van der Waals surface area contributed by atoms with E-state index in [9.17, 15) is 36.4 Å². The van der Waals surface area contributed by atoms with Gasteiger partial charge in [0.05, 0.1) is 11.1 Å². The average molecular weight is 392 g/mol. The standard InChI is InChI=1S/C14H12B2F6N2O3/c17-13(18,19)7-1-9(5-11(23)3-7)15(25)27-16(26)10-2-8(14(20,21)22)4-12(24)6-10/h1-6,25-26H,23-24H2. The van der Waals surface area contributed by atoms with E-state index in [2.05, 4.69) is 0 Å². The highest BCUT2D eigenvalue weighted by Gasteiger charge is 2.35. The van der Waals surface area contributed by atoms with Crippen LogP contribution in [0.25, 0.3) is 0 Å². The molecule has 27 heavy (non-hydrogen) atoms. The van der Waals surface area contributed by atoms with Gasteiger partial charge in [0, 0.05) is 11.4 Å². The Morgan fingerprint density at radius 1 is 0.667 bits per heavy atom. The van der Waals surface area contributed by atoms with Crippen molar-refractivity contribution in [2.45, 2.75) is 12.4 Å². The summed E-state index contributed by atoms with van der Waals surface area (Å²) in [5, 5.41) is 19.8. The molecule has 6 N–H and O–H groups in total. The molecule has 2 aromatic rings. The molecule has 0 spiro atoms. The average Bonchev–Trinajstić information content (AvgIpc) is 2.51. The van der Waals surface area contributed by atoms with Gasteiger partial charge in [-0.25, -0.2) is 0 Å². The first-order chi connectivity index (χ1) is 12.3. The molecule has 2 rings (SSSR count). The second-order valence-corrected chi connectivity index (χ2v) is 5.61. The van der Waals surface area contributed by atoms with Gasteiger partial charge in [-0.15, -0.1) is 0 Å². The van der Waals surface area contributed by atoms with Gasteiger partial charge in [0.1, 0.15) is 0 Å². The molecule has 0 radical (unpaired) electrons. The third-order valence-corrected chi connectivity index (χ3v) is 3.44. The van der Waals surface area contributed by atoms with Crippen molar-refractivity contribution in [3.63, 3.8) is 0 Å². The summed E-state index contributed by atoms with van der Waals surface area (Å²) in [6, 6.07) is 4.25. The third kappa shape index (κ3) is 5.31. The van der Waals surface area contributed by atoms with E-state index in [1.807, 2.05) is 0 Å². The van der Waals surface area contributed by atoms with Crippen LogP contribution in [0.3, 0.4) is 0 Å². The van der Waals surface area contributed by atoms with Crippen LogP contribution in [0.15, 0.2) is 36.4 Å². The highest BCUT2D eigenvalue weighted by Crippen LogP contribution is 2.30. The fourth-order valence-electron chi connectivity index (χ4n) is 2.24. The molecule has 0 aliphatic carbocycles. The number of benzene rings is 2. The summed E-state index contributed by atoms with van der Waals surface area (Å²) >= 11 is 0. The summed E-state index contributed by atoms with van der Waals surface area (Å²) in [5.41, 5.74) is 6.82. The monoisotopic (exact) mass is 392 g/mol. The van der Waals surface area contributed by atoms with Gasteiger partial charge in [0.2, 0.25) is 0 Å². The minimum atomic E-state index is -4.75. The molecular formula is C14H12B2F6N2O3. The number of anilines is 2. The summed E-state index contributed by atoms with van der Waals surface area (Å²) in [4.78, 5) is 0. The molecule has 0 aromatic heterocycles. The van der Waals surface area contributed by atoms with Crippen LogP contribution >= 0.6 is 0 Å². The predicted octanol–water partition coefficient (Wildman–Crippen LogP) is 0.980. The molecule has 144 valence electrons. The first kappa shape index (κ1) is 20.9. The van der Waals surface area contributed by atoms with Crippen LogP contribution < -0.4 is 22.4 Å². The molecule has 0 amide bonds. The third-order valence-electron chi connectivity index (χ3n) is 3.44. The highest BCUT2D eigenvalue weighted by atomic mass is 19.4. The Hall–Kier alpha value is -2.37. The predicted molar refractivity (Wildman–Crippen MR) is 88.0 cm³/mol. The summed E-state index contributed by atoms with van der Waals surface area (Å²) in [7, 11) is -4.19. The van der Waals surface area contributed by atoms with Crippen molar-refractivity contribution in [2.75, 3.05) is 11.5 Å². The second-order valence-electron chi connectivity index (χ2n) is 5.61. The van der Waals surface area contributed by atoms with Gasteiger partial charge in [0.25, 0.3) is 0 Å². The van der Waals surface area contributed by atoms with E-state index in [-0.39, 0.29) is 11.4 Å². The molecular weight excluding hydrogens is 380 g/mol. The number of nitrogen functional groups attached to an aromatic ring is 2. The van der Waals surface area contributed by atoms with E-state index in [4.69, 9.17) is 16.0 Å². The van der Waals surface area contributed by atoms with Crippen LogP contribution in [-0.2, 0) is 16.9 Å². The maximum absolute atomic E-state index is 12.8. The SMILES string of the molecule is Nc1cc(B(O)OB(O)c2cc(N)cc(C(F)(F)F)c2)cc(C(F)(F)F)c1. The van der Waals surface area contributed by atoms with Gasteiger partial charge in [-0.05, 0) is 35.2 Å². The van der Waals surface area contributed by atoms with Crippen LogP contribution in [0.1, 0.15) is 11.1 Å². The Kier molecular flexibility index (Phi) is 5.68. The summed E-state index contributed by atoms with van der Waals surface area (Å²) in [6.07, 6.45) is -9.50. The lowest BCUT2D eigenvalue weighted by atomic mass is 9.70. The van der Waals surface area contributed by atoms with Crippen molar-refractivity contribution in [3.05, 3.63) is 47.5 Å². The lowest BCUT2D eigenvalue weighted by Gasteiger charge is -2.16. The summed E-state index contributed by atoms with van der Waals surface area (Å²) < 4.78 is 81.5. The molecule has 0 aliphatic rings. The first-order valence-corrected chi connectivity index (χ1v) is 7.24. The molecule has 0 aliphatic heterocycles. The second kappa shape index (κ2) is 7.33. The fraction of sp³-hybridized carbons (Fsp3) is 0.143. The van der Waals surface area contributed by atoms with Gasteiger partial charge >= 0.3 is 26.6 Å². The van der Waals surface area contributed by atoms with Crippen molar-refractivity contribution < 1.29 is 41.0 Å². The number of halogens is 6. The van der Waals surface area contributed by atoms with E-state index in [1.54, 1.807) is 0 Å². The van der Waals surface area contributed by atoms with Crippen LogP contribution in [0.5, 0.6) is 0 Å². The summed E-state index contributed by atoms with van der Waals surface area (Å²) in [5.74, 6) is 0. The summed E-state index contributed by atoms with van der Waals surface area (Å²) in [6.45, 7) is 0. The molecule has 0 heterocycles. The number of rotatable bonds is 4. The quantitative estimate of drug-likeness (QED) is 0.353. The molecule has 0 saturated carbocycles. The zero-order valence-electron chi connectivity index (χ0n) is 13.3.